The summed E-state index contributed by atoms with van der Waals surface area (Å²) in [6, 6.07) is 9.61. The van der Waals surface area contributed by atoms with Crippen LogP contribution in [0.25, 0.3) is 10.2 Å². The summed E-state index contributed by atoms with van der Waals surface area (Å²) in [5.74, 6) is -0.382. The number of thiophene rings is 1. The molecule has 0 radical (unpaired) electrons. The highest BCUT2D eigenvalue weighted by Gasteiger charge is 2.33. The number of rotatable bonds is 6. The fourth-order valence-electron chi connectivity index (χ4n) is 3.65. The number of nitrogens with zero attached hydrogens (tertiary/aromatic N) is 1. The van der Waals surface area contributed by atoms with Gasteiger partial charge in [0.2, 0.25) is 0 Å². The summed E-state index contributed by atoms with van der Waals surface area (Å²) >= 11 is 0.954. The van der Waals surface area contributed by atoms with Gasteiger partial charge in [-0.1, -0.05) is 12.1 Å². The Balaban J connectivity index is 1.42. The van der Waals surface area contributed by atoms with Crippen molar-refractivity contribution in [2.75, 3.05) is 18.5 Å². The van der Waals surface area contributed by atoms with Gasteiger partial charge < -0.3 is 14.8 Å². The van der Waals surface area contributed by atoms with Crippen LogP contribution < -0.4 is 5.32 Å². The summed E-state index contributed by atoms with van der Waals surface area (Å²) in [6.07, 6.45) is -1.14. The maximum absolute atomic E-state index is 12.9. The van der Waals surface area contributed by atoms with Gasteiger partial charge in [-0.15, -0.1) is 11.3 Å². The standard InChI is InChI=1S/C23H23F3N2O3S/c1-14-18-8-9-19(23(24,25)26)28-22(18)32-20(14)21(29)27-16-6-4-5-15(11-16)12-30-13-17-7-2-3-10-31-17/h4-6,8-9,11,17H,2-3,7,10,12-13H2,1H3,(H,27,29). The van der Waals surface area contributed by atoms with Crippen molar-refractivity contribution in [2.24, 2.45) is 0 Å². The molecule has 1 atom stereocenters. The Kier molecular flexibility index (Phi) is 6.78. The Morgan fingerprint density at radius 3 is 2.88 bits per heavy atom. The fourth-order valence-corrected chi connectivity index (χ4v) is 4.72. The van der Waals surface area contributed by atoms with Crippen molar-refractivity contribution >= 4 is 33.1 Å². The van der Waals surface area contributed by atoms with Crippen LogP contribution in [-0.4, -0.2) is 30.2 Å². The summed E-state index contributed by atoms with van der Waals surface area (Å²) in [4.78, 5) is 17.0. The van der Waals surface area contributed by atoms with E-state index in [0.29, 0.717) is 34.7 Å². The van der Waals surface area contributed by atoms with Gasteiger partial charge in [0, 0.05) is 17.7 Å². The summed E-state index contributed by atoms with van der Waals surface area (Å²) in [7, 11) is 0. The highest BCUT2D eigenvalue weighted by atomic mass is 32.1. The summed E-state index contributed by atoms with van der Waals surface area (Å²) in [5, 5.41) is 3.37. The van der Waals surface area contributed by atoms with Gasteiger partial charge in [0.25, 0.3) is 5.91 Å². The first-order valence-corrected chi connectivity index (χ1v) is 11.2. The number of carbonyl (C=O) groups excluding carboxylic acids is 1. The van der Waals surface area contributed by atoms with E-state index in [4.69, 9.17) is 9.47 Å². The van der Waals surface area contributed by atoms with Gasteiger partial charge in [-0.2, -0.15) is 13.2 Å². The predicted octanol–water partition coefficient (Wildman–Crippen LogP) is 5.96. The first-order chi connectivity index (χ1) is 15.3. The van der Waals surface area contributed by atoms with Crippen molar-refractivity contribution in [2.45, 2.75) is 45.1 Å². The third kappa shape index (κ3) is 5.28. The average molecular weight is 465 g/mol. The van der Waals surface area contributed by atoms with Gasteiger partial charge in [-0.05, 0) is 61.6 Å². The number of alkyl halides is 3. The zero-order valence-corrected chi connectivity index (χ0v) is 18.3. The highest BCUT2D eigenvalue weighted by Crippen LogP contribution is 2.34. The molecule has 0 bridgehead atoms. The molecule has 170 valence electrons. The highest BCUT2D eigenvalue weighted by molar-refractivity contribution is 7.20. The smallest absolute Gasteiger partial charge is 0.376 e. The molecule has 1 saturated heterocycles. The van der Waals surface area contributed by atoms with Crippen LogP contribution in [-0.2, 0) is 22.3 Å². The van der Waals surface area contributed by atoms with Crippen LogP contribution in [0.4, 0.5) is 18.9 Å². The van der Waals surface area contributed by atoms with E-state index in [-0.39, 0.29) is 16.8 Å². The Bertz CT molecular complexity index is 1110. The van der Waals surface area contributed by atoms with Crippen molar-refractivity contribution in [1.82, 2.24) is 4.98 Å². The number of pyridine rings is 1. The van der Waals surface area contributed by atoms with Crippen LogP contribution in [0, 0.1) is 6.92 Å². The van der Waals surface area contributed by atoms with E-state index in [1.165, 1.54) is 6.07 Å². The number of benzene rings is 1. The monoisotopic (exact) mass is 464 g/mol. The first-order valence-electron chi connectivity index (χ1n) is 10.4. The van der Waals surface area contributed by atoms with Crippen LogP contribution in [0.1, 0.15) is 45.8 Å². The van der Waals surface area contributed by atoms with Gasteiger partial charge in [-0.25, -0.2) is 4.98 Å². The molecular formula is C23H23F3N2O3S. The Morgan fingerprint density at radius 1 is 1.28 bits per heavy atom. The fraction of sp³-hybridized carbons (Fsp3) is 0.391. The van der Waals surface area contributed by atoms with Gasteiger partial charge >= 0.3 is 6.18 Å². The molecule has 1 aliphatic rings. The number of ether oxygens (including phenoxy) is 2. The molecule has 1 N–H and O–H groups in total. The summed E-state index contributed by atoms with van der Waals surface area (Å²) in [5.41, 5.74) is 1.13. The minimum absolute atomic E-state index is 0.133. The van der Waals surface area contributed by atoms with Crippen molar-refractivity contribution in [3.63, 3.8) is 0 Å². The average Bonchev–Trinajstić information content (AvgIpc) is 3.10. The molecule has 9 heteroatoms. The minimum Gasteiger partial charge on any atom is -0.376 e. The molecule has 1 fully saturated rings. The second kappa shape index (κ2) is 9.56. The lowest BCUT2D eigenvalue weighted by Gasteiger charge is -2.22. The van der Waals surface area contributed by atoms with Crippen molar-refractivity contribution in [3.05, 3.63) is 58.1 Å². The topological polar surface area (TPSA) is 60.5 Å². The SMILES string of the molecule is Cc1c(C(=O)Nc2cccc(COCC3CCCCO3)c2)sc2nc(C(F)(F)F)ccc12. The van der Waals surface area contributed by atoms with E-state index in [0.717, 1.165) is 48.8 Å². The molecule has 0 aliphatic carbocycles. The zero-order chi connectivity index (χ0) is 22.7. The molecule has 1 aliphatic heterocycles. The quantitative estimate of drug-likeness (QED) is 0.489. The molecule has 4 rings (SSSR count). The number of hydrogen-bond donors (Lipinski definition) is 1. The van der Waals surface area contributed by atoms with E-state index < -0.39 is 11.9 Å². The van der Waals surface area contributed by atoms with Gasteiger partial charge in [0.15, 0.2) is 0 Å². The van der Waals surface area contributed by atoms with Crippen molar-refractivity contribution in [3.8, 4) is 0 Å². The van der Waals surface area contributed by atoms with E-state index in [1.54, 1.807) is 13.0 Å². The largest absolute Gasteiger partial charge is 0.433 e. The number of halogens is 3. The number of aromatic nitrogens is 1. The third-order valence-corrected chi connectivity index (χ3v) is 6.53. The number of amides is 1. The Morgan fingerprint density at radius 2 is 2.12 bits per heavy atom. The number of nitrogens with one attached hydrogen (secondary N) is 1. The van der Waals surface area contributed by atoms with Crippen LogP contribution in [0.15, 0.2) is 36.4 Å². The molecule has 1 unspecified atom stereocenters. The third-order valence-electron chi connectivity index (χ3n) is 5.33. The van der Waals surface area contributed by atoms with E-state index in [2.05, 4.69) is 10.3 Å². The van der Waals surface area contributed by atoms with Crippen molar-refractivity contribution in [1.29, 1.82) is 0 Å². The van der Waals surface area contributed by atoms with Crippen LogP contribution in [0.5, 0.6) is 0 Å². The normalized spacial score (nSPS) is 16.9. The number of aryl methyl sites for hydroxylation is 1. The number of anilines is 1. The number of hydrogen-bond acceptors (Lipinski definition) is 5. The zero-order valence-electron chi connectivity index (χ0n) is 17.5. The van der Waals surface area contributed by atoms with E-state index in [9.17, 15) is 18.0 Å². The lowest BCUT2D eigenvalue weighted by molar-refractivity contribution is -0.140. The maximum Gasteiger partial charge on any atom is 0.433 e. The Hall–Kier alpha value is -2.49. The molecule has 3 heterocycles. The molecule has 1 aromatic carbocycles. The summed E-state index contributed by atoms with van der Waals surface area (Å²) in [6.45, 7) is 3.42. The molecule has 0 saturated carbocycles. The lowest BCUT2D eigenvalue weighted by atomic mass is 10.1. The molecule has 0 spiro atoms. The van der Waals surface area contributed by atoms with Crippen molar-refractivity contribution < 1.29 is 27.4 Å². The van der Waals surface area contributed by atoms with E-state index in [1.807, 2.05) is 18.2 Å². The van der Waals surface area contributed by atoms with E-state index >= 15 is 0 Å². The minimum atomic E-state index is -4.53. The molecule has 32 heavy (non-hydrogen) atoms. The first kappa shape index (κ1) is 22.7. The summed E-state index contributed by atoms with van der Waals surface area (Å²) < 4.78 is 50.3. The molecule has 5 nitrogen and oxygen atoms in total. The number of carbonyl (C=O) groups is 1. The second-order valence-electron chi connectivity index (χ2n) is 7.76. The second-order valence-corrected chi connectivity index (χ2v) is 8.76. The predicted molar refractivity (Wildman–Crippen MR) is 117 cm³/mol. The molecular weight excluding hydrogens is 441 g/mol. The molecule has 3 aromatic rings. The lowest BCUT2D eigenvalue weighted by Crippen LogP contribution is -2.24. The van der Waals surface area contributed by atoms with Crippen LogP contribution in [0.2, 0.25) is 0 Å². The Labute approximate surface area is 187 Å². The molecule has 1 amide bonds. The molecule has 2 aromatic heterocycles. The van der Waals surface area contributed by atoms with Gasteiger partial charge in [0.1, 0.15) is 10.5 Å². The van der Waals surface area contributed by atoms with Gasteiger partial charge in [-0.3, -0.25) is 4.79 Å². The maximum atomic E-state index is 12.9. The van der Waals surface area contributed by atoms with Crippen LogP contribution in [0.3, 0.4) is 0 Å². The van der Waals surface area contributed by atoms with Gasteiger partial charge in [0.05, 0.1) is 24.2 Å². The number of fused-ring (bicyclic) bond motifs is 1. The van der Waals surface area contributed by atoms with Crippen LogP contribution >= 0.6 is 11.3 Å².